The van der Waals surface area contributed by atoms with Crippen LogP contribution in [-0.2, 0) is 0 Å². The molecule has 0 radical (unpaired) electrons. The summed E-state index contributed by atoms with van der Waals surface area (Å²) in [5.41, 5.74) is 2.84. The van der Waals surface area contributed by atoms with Gasteiger partial charge >= 0.3 is 0 Å². The Balaban J connectivity index is 2.40. The van der Waals surface area contributed by atoms with Gasteiger partial charge in [-0.25, -0.2) is 0 Å². The SMILES string of the molecule is COc1c(C)cc(C(O)c2ccc(C)o2)cc1C. The van der Waals surface area contributed by atoms with E-state index in [4.69, 9.17) is 9.15 Å². The van der Waals surface area contributed by atoms with Crippen LogP contribution in [0.5, 0.6) is 5.75 Å². The molecule has 0 aliphatic carbocycles. The van der Waals surface area contributed by atoms with Crippen molar-refractivity contribution in [3.8, 4) is 5.75 Å². The van der Waals surface area contributed by atoms with Crippen LogP contribution in [0.15, 0.2) is 28.7 Å². The monoisotopic (exact) mass is 246 g/mol. The Labute approximate surface area is 107 Å². The Morgan fingerprint density at radius 3 is 2.17 bits per heavy atom. The molecular weight excluding hydrogens is 228 g/mol. The molecule has 2 aromatic rings. The standard InChI is InChI=1S/C15H18O3/c1-9-7-12(8-10(2)15(9)17-4)14(16)13-6-5-11(3)18-13/h5-8,14,16H,1-4H3. The van der Waals surface area contributed by atoms with Crippen LogP contribution >= 0.6 is 0 Å². The molecule has 0 aliphatic heterocycles. The molecule has 1 aromatic heterocycles. The number of methoxy groups -OCH3 is 1. The van der Waals surface area contributed by atoms with Crippen molar-refractivity contribution in [3.05, 3.63) is 52.5 Å². The summed E-state index contributed by atoms with van der Waals surface area (Å²) in [5, 5.41) is 10.3. The number of aryl methyl sites for hydroxylation is 3. The van der Waals surface area contributed by atoms with Crippen LogP contribution < -0.4 is 4.74 Å². The van der Waals surface area contributed by atoms with Crippen LogP contribution in [0.25, 0.3) is 0 Å². The lowest BCUT2D eigenvalue weighted by molar-refractivity contribution is 0.187. The van der Waals surface area contributed by atoms with Crippen molar-refractivity contribution in [2.24, 2.45) is 0 Å². The molecule has 96 valence electrons. The van der Waals surface area contributed by atoms with E-state index in [1.807, 2.05) is 39.0 Å². The highest BCUT2D eigenvalue weighted by molar-refractivity contribution is 5.45. The third kappa shape index (κ3) is 2.27. The van der Waals surface area contributed by atoms with E-state index in [2.05, 4.69) is 0 Å². The Morgan fingerprint density at radius 2 is 1.72 bits per heavy atom. The molecule has 0 saturated carbocycles. The maximum atomic E-state index is 10.3. The smallest absolute Gasteiger partial charge is 0.137 e. The van der Waals surface area contributed by atoms with E-state index in [0.717, 1.165) is 28.2 Å². The number of aliphatic hydroxyl groups excluding tert-OH is 1. The molecule has 1 heterocycles. The molecule has 0 amide bonds. The molecule has 0 saturated heterocycles. The van der Waals surface area contributed by atoms with Crippen molar-refractivity contribution in [1.29, 1.82) is 0 Å². The molecule has 1 N–H and O–H groups in total. The van der Waals surface area contributed by atoms with Gasteiger partial charge in [-0.1, -0.05) is 0 Å². The van der Waals surface area contributed by atoms with E-state index in [0.29, 0.717) is 5.76 Å². The Morgan fingerprint density at radius 1 is 1.11 bits per heavy atom. The van der Waals surface area contributed by atoms with Crippen molar-refractivity contribution in [2.75, 3.05) is 7.11 Å². The van der Waals surface area contributed by atoms with Crippen molar-refractivity contribution in [1.82, 2.24) is 0 Å². The summed E-state index contributed by atoms with van der Waals surface area (Å²) >= 11 is 0. The highest BCUT2D eigenvalue weighted by atomic mass is 16.5. The van der Waals surface area contributed by atoms with Gasteiger partial charge in [-0.05, 0) is 61.7 Å². The van der Waals surface area contributed by atoms with Crippen LogP contribution in [-0.4, -0.2) is 12.2 Å². The van der Waals surface area contributed by atoms with Gasteiger partial charge in [0.15, 0.2) is 0 Å². The Hall–Kier alpha value is -1.74. The van der Waals surface area contributed by atoms with Gasteiger partial charge in [0.05, 0.1) is 7.11 Å². The molecular formula is C15H18O3. The van der Waals surface area contributed by atoms with Gasteiger partial charge in [-0.2, -0.15) is 0 Å². The molecule has 2 rings (SSSR count). The summed E-state index contributed by atoms with van der Waals surface area (Å²) in [4.78, 5) is 0. The summed E-state index contributed by atoms with van der Waals surface area (Å²) < 4.78 is 10.8. The molecule has 3 heteroatoms. The Bertz CT molecular complexity index is 532. The normalized spacial score (nSPS) is 12.5. The van der Waals surface area contributed by atoms with Gasteiger partial charge < -0.3 is 14.3 Å². The molecule has 18 heavy (non-hydrogen) atoms. The van der Waals surface area contributed by atoms with E-state index in [1.54, 1.807) is 13.2 Å². The number of benzene rings is 1. The first-order valence-corrected chi connectivity index (χ1v) is 5.92. The first-order valence-electron chi connectivity index (χ1n) is 5.92. The van der Waals surface area contributed by atoms with Crippen molar-refractivity contribution >= 4 is 0 Å². The summed E-state index contributed by atoms with van der Waals surface area (Å²) in [7, 11) is 1.65. The fourth-order valence-corrected chi connectivity index (χ4v) is 2.23. The average Bonchev–Trinajstić information content (AvgIpc) is 2.74. The van der Waals surface area contributed by atoms with E-state index in [9.17, 15) is 5.11 Å². The van der Waals surface area contributed by atoms with Crippen molar-refractivity contribution in [3.63, 3.8) is 0 Å². The first kappa shape index (κ1) is 12.7. The van der Waals surface area contributed by atoms with Crippen molar-refractivity contribution in [2.45, 2.75) is 26.9 Å². The number of hydrogen-bond donors (Lipinski definition) is 1. The lowest BCUT2D eigenvalue weighted by atomic mass is 10.0. The fourth-order valence-electron chi connectivity index (χ4n) is 2.23. The number of rotatable bonds is 3. The maximum absolute atomic E-state index is 10.3. The third-order valence-electron chi connectivity index (χ3n) is 3.03. The zero-order valence-electron chi connectivity index (χ0n) is 11.2. The average molecular weight is 246 g/mol. The number of ether oxygens (including phenoxy) is 1. The topological polar surface area (TPSA) is 42.6 Å². The van der Waals surface area contributed by atoms with Gasteiger partial charge in [-0.15, -0.1) is 0 Å². The molecule has 0 bridgehead atoms. The van der Waals surface area contributed by atoms with Gasteiger partial charge in [0, 0.05) is 0 Å². The largest absolute Gasteiger partial charge is 0.496 e. The van der Waals surface area contributed by atoms with E-state index >= 15 is 0 Å². The predicted octanol–water partition coefficient (Wildman–Crippen LogP) is 3.30. The second kappa shape index (κ2) is 4.86. The van der Waals surface area contributed by atoms with Crippen LogP contribution in [0.2, 0.25) is 0 Å². The quantitative estimate of drug-likeness (QED) is 0.903. The zero-order chi connectivity index (χ0) is 13.3. The predicted molar refractivity (Wildman–Crippen MR) is 70.0 cm³/mol. The van der Waals surface area contributed by atoms with E-state index in [1.165, 1.54) is 0 Å². The minimum Gasteiger partial charge on any atom is -0.496 e. The zero-order valence-corrected chi connectivity index (χ0v) is 11.2. The van der Waals surface area contributed by atoms with Gasteiger partial charge in [0.25, 0.3) is 0 Å². The highest BCUT2D eigenvalue weighted by Gasteiger charge is 2.16. The van der Waals surface area contributed by atoms with Crippen LogP contribution in [0.1, 0.15) is 34.3 Å². The van der Waals surface area contributed by atoms with Crippen LogP contribution in [0.4, 0.5) is 0 Å². The number of hydrogen-bond acceptors (Lipinski definition) is 3. The van der Waals surface area contributed by atoms with E-state index < -0.39 is 6.10 Å². The van der Waals surface area contributed by atoms with Crippen LogP contribution in [0, 0.1) is 20.8 Å². The minimum atomic E-state index is -0.734. The van der Waals surface area contributed by atoms with Gasteiger partial charge in [0.2, 0.25) is 0 Å². The molecule has 3 nitrogen and oxygen atoms in total. The number of furan rings is 1. The lowest BCUT2D eigenvalue weighted by Gasteiger charge is -2.14. The summed E-state index contributed by atoms with van der Waals surface area (Å²) in [6.45, 7) is 5.80. The van der Waals surface area contributed by atoms with Crippen LogP contribution in [0.3, 0.4) is 0 Å². The summed E-state index contributed by atoms with van der Waals surface area (Å²) in [6, 6.07) is 7.50. The third-order valence-corrected chi connectivity index (χ3v) is 3.03. The highest BCUT2D eigenvalue weighted by Crippen LogP contribution is 2.30. The second-order valence-electron chi connectivity index (χ2n) is 4.54. The minimum absolute atomic E-state index is 0.566. The second-order valence-corrected chi connectivity index (χ2v) is 4.54. The van der Waals surface area contributed by atoms with E-state index in [-0.39, 0.29) is 0 Å². The molecule has 1 atom stereocenters. The molecule has 1 unspecified atom stereocenters. The molecule has 0 spiro atoms. The molecule has 0 fully saturated rings. The van der Waals surface area contributed by atoms with Gasteiger partial charge in [0.1, 0.15) is 23.4 Å². The fraction of sp³-hybridized carbons (Fsp3) is 0.333. The maximum Gasteiger partial charge on any atom is 0.137 e. The van der Waals surface area contributed by atoms with Gasteiger partial charge in [-0.3, -0.25) is 0 Å². The van der Waals surface area contributed by atoms with Crippen molar-refractivity contribution < 1.29 is 14.3 Å². The molecule has 1 aromatic carbocycles. The Kier molecular flexibility index (Phi) is 3.43. The first-order chi connectivity index (χ1) is 8.52. The lowest BCUT2D eigenvalue weighted by Crippen LogP contribution is -2.01. The molecule has 0 aliphatic rings. The summed E-state index contributed by atoms with van der Waals surface area (Å²) in [6.07, 6.45) is -0.734. The number of aliphatic hydroxyl groups is 1. The summed E-state index contributed by atoms with van der Waals surface area (Å²) in [5.74, 6) is 2.23.